The smallest absolute Gasteiger partial charge is 0.303 e. The molecule has 266 valence electrons. The number of benzene rings is 8. The van der Waals surface area contributed by atoms with E-state index in [-0.39, 0.29) is 49.5 Å². The molecule has 0 aliphatic rings. The zero-order chi connectivity index (χ0) is 38.0. The first-order chi connectivity index (χ1) is 24.2. The van der Waals surface area contributed by atoms with Crippen molar-refractivity contribution in [3.8, 4) is 34.5 Å². The lowest BCUT2D eigenvalue weighted by molar-refractivity contribution is -0.873. The summed E-state index contributed by atoms with van der Waals surface area (Å²) in [5, 5.41) is 80.0. The molecule has 0 radical (unpaired) electrons. The number of aryl methyl sites for hydroxylation is 2. The van der Waals surface area contributed by atoms with Gasteiger partial charge >= 0.3 is 5.97 Å². The lowest BCUT2D eigenvalue weighted by Gasteiger charge is -2.28. The van der Waals surface area contributed by atoms with E-state index in [0.29, 0.717) is 54.5 Å². The molecule has 0 unspecified atom stereocenters. The third kappa shape index (κ3) is 4.65. The maximum absolute atomic E-state index is 13.4. The van der Waals surface area contributed by atoms with E-state index in [4.69, 9.17) is 4.74 Å². The Balaban J connectivity index is 0.000000258. The molecule has 13 heteroatoms. The van der Waals surface area contributed by atoms with Gasteiger partial charge in [0.05, 0.1) is 42.7 Å². The molecule has 0 saturated carbocycles. The lowest BCUT2D eigenvalue weighted by atomic mass is 9.78. The highest BCUT2D eigenvalue weighted by Crippen LogP contribution is 2.60. The molecule has 8 rings (SSSR count). The highest BCUT2D eigenvalue weighted by molar-refractivity contribution is 6.51. The summed E-state index contributed by atoms with van der Waals surface area (Å²) in [6, 6.07) is 4.77. The largest absolute Gasteiger partial charge is 0.550 e. The van der Waals surface area contributed by atoms with Gasteiger partial charge in [-0.3, -0.25) is 14.4 Å². The second kappa shape index (κ2) is 11.1. The van der Waals surface area contributed by atoms with Crippen LogP contribution >= 0.6 is 0 Å². The molecular weight excluding hydrogens is 674 g/mol. The molecule has 13 nitrogen and oxygen atoms in total. The van der Waals surface area contributed by atoms with E-state index in [1.807, 2.05) is 21.1 Å². The first kappa shape index (κ1) is 34.1. The third-order valence-corrected chi connectivity index (χ3v) is 9.72. The van der Waals surface area contributed by atoms with Crippen LogP contribution in [0.15, 0.2) is 33.9 Å². The number of likely N-dealkylation sites (N-methyl/N-ethyl adjacent to an activating group) is 1. The summed E-state index contributed by atoms with van der Waals surface area (Å²) in [5.41, 5.74) is 0.175. The Morgan fingerprint density at radius 2 is 0.942 bits per heavy atom. The van der Waals surface area contributed by atoms with Crippen LogP contribution in [0.4, 0.5) is 0 Å². The minimum absolute atomic E-state index is 0.0431. The van der Waals surface area contributed by atoms with Gasteiger partial charge in [-0.05, 0) is 47.9 Å². The van der Waals surface area contributed by atoms with Crippen LogP contribution in [0.3, 0.4) is 0 Å². The number of carboxylic acids is 1. The predicted molar refractivity (Wildman–Crippen MR) is 194 cm³/mol. The van der Waals surface area contributed by atoms with E-state index in [1.54, 1.807) is 13.8 Å². The molecule has 1 atom stereocenters. The maximum Gasteiger partial charge on any atom is 0.303 e. The number of esters is 1. The predicted octanol–water partition coefficient (Wildman–Crippen LogP) is 3.85. The topological polar surface area (TPSA) is 222 Å². The van der Waals surface area contributed by atoms with Gasteiger partial charge in [0.25, 0.3) is 0 Å². The summed E-state index contributed by atoms with van der Waals surface area (Å²) in [7, 11) is 5.68. The number of aromatic hydroxyl groups is 6. The summed E-state index contributed by atoms with van der Waals surface area (Å²) >= 11 is 0. The van der Waals surface area contributed by atoms with Crippen LogP contribution in [0.5, 0.6) is 34.5 Å². The van der Waals surface area contributed by atoms with Crippen molar-refractivity contribution in [2.75, 3.05) is 27.7 Å². The van der Waals surface area contributed by atoms with Crippen LogP contribution in [0.1, 0.15) is 24.5 Å². The SMILES string of the molecule is CC(=O)O[C@H](CC(=O)[O-])C[N+](C)(C)C.Cc1cc(=O)c2c(O)c3c(O)cc(O)c4c5c(O)cc(O)c6c(O)c7c(=O)cc(C)c8c1c2c(c34)c(c65)c78. The van der Waals surface area contributed by atoms with Crippen LogP contribution in [-0.4, -0.2) is 80.9 Å². The van der Waals surface area contributed by atoms with Gasteiger partial charge in [-0.2, -0.15) is 0 Å². The van der Waals surface area contributed by atoms with Crippen LogP contribution in [0.25, 0.3) is 75.4 Å². The molecule has 0 aliphatic carbocycles. The molecule has 0 heterocycles. The minimum atomic E-state index is -1.20. The van der Waals surface area contributed by atoms with Crippen molar-refractivity contribution in [3.05, 3.63) is 55.8 Å². The Morgan fingerprint density at radius 1 is 0.596 bits per heavy atom. The summed E-state index contributed by atoms with van der Waals surface area (Å²) in [6.07, 6.45) is -0.868. The average Bonchev–Trinajstić information content (AvgIpc) is 2.98. The first-order valence-corrected chi connectivity index (χ1v) is 16.2. The molecule has 6 N–H and O–H groups in total. The fourth-order valence-corrected chi connectivity index (χ4v) is 8.16. The Kier molecular flexibility index (Phi) is 7.27. The Bertz CT molecular complexity index is 2750. The Morgan fingerprint density at radius 3 is 1.29 bits per heavy atom. The number of carbonyl (C=O) groups excluding carboxylic acids is 2. The van der Waals surface area contributed by atoms with Gasteiger partial charge in [0.1, 0.15) is 41.0 Å². The van der Waals surface area contributed by atoms with Gasteiger partial charge < -0.3 is 49.8 Å². The lowest BCUT2D eigenvalue weighted by Crippen LogP contribution is -2.45. The van der Waals surface area contributed by atoms with Crippen molar-refractivity contribution >= 4 is 87.3 Å². The van der Waals surface area contributed by atoms with E-state index in [1.165, 1.54) is 19.1 Å². The number of phenols is 6. The normalized spacial score (nSPS) is 13.0. The van der Waals surface area contributed by atoms with Gasteiger partial charge in [-0.25, -0.2) is 0 Å². The van der Waals surface area contributed by atoms with Gasteiger partial charge in [0.2, 0.25) is 0 Å². The summed E-state index contributed by atoms with van der Waals surface area (Å²) in [4.78, 5) is 47.8. The van der Waals surface area contributed by atoms with Crippen LogP contribution in [0, 0.1) is 13.8 Å². The van der Waals surface area contributed by atoms with Gasteiger partial charge in [-0.1, -0.05) is 0 Å². The molecular formula is C39H33NO12. The number of hydrogen-bond donors (Lipinski definition) is 6. The second-order valence-corrected chi connectivity index (χ2v) is 14.4. The summed E-state index contributed by atoms with van der Waals surface area (Å²) < 4.78 is 5.39. The molecule has 0 aliphatic heterocycles. The molecule has 0 bridgehead atoms. The molecule has 8 aromatic carbocycles. The minimum Gasteiger partial charge on any atom is -0.550 e. The standard InChI is InChI=1S/C30H16O8.C9H17NO4/c1-7-3-9(31)19-23-15(7)16-8(2)4-10(32)20-24(16)28-26-18(12(34)6-14(36)22(26)30(20)38)17-11(33)5-13(35)21(29(19)37)25(17)27(23)28;1-7(11)14-8(5-9(12)13)6-10(2,3)4/h3-6,33-38H,1-2H3;8H,5-6H2,1-4H3/t;8-/m.1/s1. The monoisotopic (exact) mass is 707 g/mol. The van der Waals surface area contributed by atoms with Crippen LogP contribution in [0.2, 0.25) is 0 Å². The fourth-order valence-electron chi connectivity index (χ4n) is 8.16. The maximum atomic E-state index is 13.4. The van der Waals surface area contributed by atoms with E-state index in [9.17, 15) is 54.9 Å². The zero-order valence-corrected chi connectivity index (χ0v) is 28.9. The average molecular weight is 708 g/mol. The molecule has 0 saturated heterocycles. The number of hydrogen-bond acceptors (Lipinski definition) is 12. The number of carboxylic acid groups (broad SMARTS) is 1. The van der Waals surface area contributed by atoms with Crippen molar-refractivity contribution in [2.45, 2.75) is 33.3 Å². The molecule has 0 amide bonds. The number of quaternary nitrogens is 1. The first-order valence-electron chi connectivity index (χ1n) is 16.2. The third-order valence-electron chi connectivity index (χ3n) is 9.72. The number of fused-ring (bicyclic) bond motifs is 2. The van der Waals surface area contributed by atoms with Crippen molar-refractivity contribution in [1.29, 1.82) is 0 Å². The van der Waals surface area contributed by atoms with E-state index in [0.717, 1.165) is 12.1 Å². The van der Waals surface area contributed by atoms with Crippen molar-refractivity contribution in [2.24, 2.45) is 0 Å². The van der Waals surface area contributed by atoms with Crippen molar-refractivity contribution in [3.63, 3.8) is 0 Å². The van der Waals surface area contributed by atoms with Gasteiger partial charge in [0, 0.05) is 74.5 Å². The van der Waals surface area contributed by atoms with Gasteiger partial charge in [-0.15, -0.1) is 0 Å². The quantitative estimate of drug-likeness (QED) is 0.0650. The molecule has 8 aromatic rings. The fraction of sp³-hybridized carbons (Fsp3) is 0.231. The van der Waals surface area contributed by atoms with Crippen LogP contribution < -0.4 is 16.0 Å². The Labute approximate surface area is 292 Å². The zero-order valence-electron chi connectivity index (χ0n) is 28.9. The number of aliphatic carboxylic acids is 1. The number of rotatable bonds is 5. The second-order valence-electron chi connectivity index (χ2n) is 14.4. The number of carbonyl (C=O) groups is 2. The molecule has 0 aromatic heterocycles. The number of ether oxygens (including phenoxy) is 1. The van der Waals surface area contributed by atoms with Crippen LogP contribution in [-0.2, 0) is 14.3 Å². The van der Waals surface area contributed by atoms with Crippen molar-refractivity contribution in [1.82, 2.24) is 0 Å². The van der Waals surface area contributed by atoms with E-state index >= 15 is 0 Å². The molecule has 52 heavy (non-hydrogen) atoms. The number of phenolic OH excluding ortho intramolecular Hbond substituents is 6. The molecule has 0 fully saturated rings. The van der Waals surface area contributed by atoms with E-state index in [2.05, 4.69) is 0 Å². The van der Waals surface area contributed by atoms with Gasteiger partial charge in [0.15, 0.2) is 17.0 Å². The van der Waals surface area contributed by atoms with Crippen molar-refractivity contribution < 1.29 is 54.6 Å². The Hall–Kier alpha value is -6.34. The molecule has 0 spiro atoms. The van der Waals surface area contributed by atoms with E-state index < -0.39 is 63.4 Å². The highest BCUT2D eigenvalue weighted by Gasteiger charge is 2.33. The summed E-state index contributed by atoms with van der Waals surface area (Å²) in [6.45, 7) is 5.18. The highest BCUT2D eigenvalue weighted by atomic mass is 16.5. The number of nitrogens with zero attached hydrogens (tertiary/aromatic N) is 1. The summed E-state index contributed by atoms with van der Waals surface area (Å²) in [5.74, 6) is -4.43.